The number of nitrogens with zero attached hydrogens (tertiary/aromatic N) is 4. The number of amides is 1. The minimum absolute atomic E-state index is 0.0350. The highest BCUT2D eigenvalue weighted by molar-refractivity contribution is 7.97. The predicted octanol–water partition coefficient (Wildman–Crippen LogP) is 3.60. The van der Waals surface area contributed by atoms with Crippen LogP contribution >= 0.6 is 11.8 Å². The number of piperazine rings is 1. The number of para-hydroxylation sites is 2. The SMILES string of the molecule is CSCc1nc2ccccc2n1CC(=O)Nc1ccc(N2CCN(C)CC2)c(C)c1. The first kappa shape index (κ1) is 20.8. The van der Waals surface area contributed by atoms with Gasteiger partial charge in [-0.05, 0) is 56.1 Å². The molecule has 0 aliphatic carbocycles. The van der Waals surface area contributed by atoms with Gasteiger partial charge in [-0.2, -0.15) is 11.8 Å². The number of nitrogens with one attached hydrogen (secondary N) is 1. The Bertz CT molecular complexity index is 1040. The third-order valence-electron chi connectivity index (χ3n) is 5.63. The molecule has 0 bridgehead atoms. The summed E-state index contributed by atoms with van der Waals surface area (Å²) in [5, 5.41) is 3.07. The number of carbonyl (C=O) groups excluding carboxylic acids is 1. The fraction of sp³-hybridized carbons (Fsp3) is 0.391. The Morgan fingerprint density at radius 3 is 2.63 bits per heavy atom. The van der Waals surface area contributed by atoms with Crippen molar-refractivity contribution in [1.82, 2.24) is 14.5 Å². The Hall–Kier alpha value is -2.51. The van der Waals surface area contributed by atoms with Crippen molar-refractivity contribution in [2.45, 2.75) is 19.2 Å². The molecule has 0 atom stereocenters. The Morgan fingerprint density at radius 1 is 1.13 bits per heavy atom. The molecule has 1 aliphatic heterocycles. The fourth-order valence-corrected chi connectivity index (χ4v) is 4.50. The molecule has 2 heterocycles. The standard InChI is InChI=1S/C23H29N5OS/c1-17-14-18(8-9-20(17)27-12-10-26(2)11-13-27)24-23(29)15-28-21-7-5-4-6-19(21)25-22(28)16-30-3/h4-9,14H,10-13,15-16H2,1-3H3,(H,24,29). The fourth-order valence-electron chi connectivity index (χ4n) is 4.02. The van der Waals surface area contributed by atoms with Crippen molar-refractivity contribution in [3.8, 4) is 0 Å². The number of likely N-dealkylation sites (N-methyl/N-ethyl adjacent to an activating group) is 1. The average Bonchev–Trinajstić information content (AvgIpc) is 3.06. The maximum atomic E-state index is 12.8. The molecule has 6 nitrogen and oxygen atoms in total. The van der Waals surface area contributed by atoms with E-state index in [2.05, 4.69) is 47.5 Å². The zero-order chi connectivity index (χ0) is 21.1. The van der Waals surface area contributed by atoms with Gasteiger partial charge in [0.25, 0.3) is 0 Å². The van der Waals surface area contributed by atoms with Crippen LogP contribution in [0.1, 0.15) is 11.4 Å². The minimum Gasteiger partial charge on any atom is -0.369 e. The van der Waals surface area contributed by atoms with E-state index in [1.807, 2.05) is 34.9 Å². The highest BCUT2D eigenvalue weighted by Gasteiger charge is 2.17. The summed E-state index contributed by atoms with van der Waals surface area (Å²) in [7, 11) is 2.16. The van der Waals surface area contributed by atoms with E-state index in [-0.39, 0.29) is 12.5 Å². The van der Waals surface area contributed by atoms with Gasteiger partial charge < -0.3 is 19.7 Å². The number of rotatable bonds is 6. The van der Waals surface area contributed by atoms with E-state index in [0.717, 1.165) is 54.5 Å². The van der Waals surface area contributed by atoms with Gasteiger partial charge in [-0.25, -0.2) is 4.98 Å². The van der Waals surface area contributed by atoms with Gasteiger partial charge in [0.15, 0.2) is 0 Å². The number of hydrogen-bond acceptors (Lipinski definition) is 5. The van der Waals surface area contributed by atoms with E-state index in [1.165, 1.54) is 11.3 Å². The molecular weight excluding hydrogens is 394 g/mol. The van der Waals surface area contributed by atoms with Crippen molar-refractivity contribution in [3.05, 3.63) is 53.9 Å². The largest absolute Gasteiger partial charge is 0.369 e. The van der Waals surface area contributed by atoms with E-state index >= 15 is 0 Å². The number of thioether (sulfide) groups is 1. The van der Waals surface area contributed by atoms with Crippen LogP contribution in [0, 0.1) is 6.92 Å². The van der Waals surface area contributed by atoms with E-state index < -0.39 is 0 Å². The van der Waals surface area contributed by atoms with E-state index in [1.54, 1.807) is 11.8 Å². The summed E-state index contributed by atoms with van der Waals surface area (Å²) in [5.41, 5.74) is 5.21. The lowest BCUT2D eigenvalue weighted by atomic mass is 10.1. The molecule has 0 radical (unpaired) electrons. The number of carbonyl (C=O) groups is 1. The normalized spacial score (nSPS) is 15.0. The summed E-state index contributed by atoms with van der Waals surface area (Å²) < 4.78 is 2.02. The molecule has 30 heavy (non-hydrogen) atoms. The summed E-state index contributed by atoms with van der Waals surface area (Å²) in [6.07, 6.45) is 2.05. The first-order valence-corrected chi connectivity index (χ1v) is 11.7. The first-order valence-electron chi connectivity index (χ1n) is 10.3. The second kappa shape index (κ2) is 9.10. The van der Waals surface area contributed by atoms with Crippen LogP contribution in [0.5, 0.6) is 0 Å². The van der Waals surface area contributed by atoms with Crippen LogP contribution in [-0.4, -0.2) is 59.8 Å². The maximum Gasteiger partial charge on any atom is 0.244 e. The van der Waals surface area contributed by atoms with Crippen LogP contribution < -0.4 is 10.2 Å². The number of hydrogen-bond donors (Lipinski definition) is 1. The van der Waals surface area contributed by atoms with Crippen molar-refractivity contribution < 1.29 is 4.79 Å². The first-order chi connectivity index (χ1) is 14.5. The second-order valence-electron chi connectivity index (χ2n) is 7.88. The predicted molar refractivity (Wildman–Crippen MR) is 126 cm³/mol. The molecule has 158 valence electrons. The molecule has 0 unspecified atom stereocenters. The summed E-state index contributed by atoms with van der Waals surface area (Å²) in [4.78, 5) is 22.3. The van der Waals surface area contributed by atoms with Gasteiger partial charge in [0, 0.05) is 37.6 Å². The number of fused-ring (bicyclic) bond motifs is 1. The smallest absolute Gasteiger partial charge is 0.244 e. The lowest BCUT2D eigenvalue weighted by Gasteiger charge is -2.35. The molecule has 3 aromatic rings. The highest BCUT2D eigenvalue weighted by Crippen LogP contribution is 2.25. The van der Waals surface area contributed by atoms with Crippen LogP contribution in [0.3, 0.4) is 0 Å². The lowest BCUT2D eigenvalue weighted by molar-refractivity contribution is -0.116. The topological polar surface area (TPSA) is 53.4 Å². The molecule has 1 saturated heterocycles. The van der Waals surface area contributed by atoms with Gasteiger partial charge in [0.2, 0.25) is 5.91 Å². The van der Waals surface area contributed by atoms with E-state index in [0.29, 0.717) is 0 Å². The molecule has 1 amide bonds. The monoisotopic (exact) mass is 423 g/mol. The number of imidazole rings is 1. The van der Waals surface area contributed by atoms with Gasteiger partial charge in [0.05, 0.1) is 16.8 Å². The average molecular weight is 424 g/mol. The van der Waals surface area contributed by atoms with Crippen LogP contribution in [-0.2, 0) is 17.1 Å². The lowest BCUT2D eigenvalue weighted by Crippen LogP contribution is -2.44. The van der Waals surface area contributed by atoms with Crippen LogP contribution in [0.25, 0.3) is 11.0 Å². The number of aryl methyl sites for hydroxylation is 1. The van der Waals surface area contributed by atoms with Gasteiger partial charge in [0.1, 0.15) is 12.4 Å². The molecular formula is C23H29N5OS. The van der Waals surface area contributed by atoms with Crippen LogP contribution in [0.2, 0.25) is 0 Å². The Morgan fingerprint density at radius 2 is 1.90 bits per heavy atom. The van der Waals surface area contributed by atoms with Crippen molar-refractivity contribution >= 4 is 40.1 Å². The van der Waals surface area contributed by atoms with E-state index in [4.69, 9.17) is 4.98 Å². The minimum atomic E-state index is -0.0350. The molecule has 1 fully saturated rings. The van der Waals surface area contributed by atoms with Crippen LogP contribution in [0.4, 0.5) is 11.4 Å². The third kappa shape index (κ3) is 4.47. The van der Waals surface area contributed by atoms with Gasteiger partial charge in [-0.1, -0.05) is 12.1 Å². The van der Waals surface area contributed by atoms with Crippen molar-refractivity contribution in [2.24, 2.45) is 0 Å². The Labute approximate surface area is 182 Å². The maximum absolute atomic E-state index is 12.8. The molecule has 1 N–H and O–H groups in total. The summed E-state index contributed by atoms with van der Waals surface area (Å²) in [6.45, 7) is 6.60. The third-order valence-corrected chi connectivity index (χ3v) is 6.18. The molecule has 1 aromatic heterocycles. The molecule has 0 saturated carbocycles. The molecule has 2 aromatic carbocycles. The van der Waals surface area contributed by atoms with Gasteiger partial charge >= 0.3 is 0 Å². The van der Waals surface area contributed by atoms with Crippen molar-refractivity contribution in [2.75, 3.05) is 49.7 Å². The summed E-state index contributed by atoms with van der Waals surface area (Å²) in [5.74, 6) is 1.67. The molecule has 4 rings (SSSR count). The Balaban J connectivity index is 1.48. The van der Waals surface area contributed by atoms with Crippen molar-refractivity contribution in [3.63, 3.8) is 0 Å². The zero-order valence-corrected chi connectivity index (χ0v) is 18.7. The molecule has 0 spiro atoms. The number of anilines is 2. The summed E-state index contributed by atoms with van der Waals surface area (Å²) >= 11 is 1.71. The van der Waals surface area contributed by atoms with Crippen LogP contribution in [0.15, 0.2) is 42.5 Å². The second-order valence-corrected chi connectivity index (χ2v) is 8.74. The van der Waals surface area contributed by atoms with Gasteiger partial charge in [-0.3, -0.25) is 4.79 Å². The summed E-state index contributed by atoms with van der Waals surface area (Å²) in [6, 6.07) is 14.2. The Kier molecular flexibility index (Phi) is 6.29. The highest BCUT2D eigenvalue weighted by atomic mass is 32.2. The van der Waals surface area contributed by atoms with Crippen molar-refractivity contribution in [1.29, 1.82) is 0 Å². The molecule has 1 aliphatic rings. The number of benzene rings is 2. The zero-order valence-electron chi connectivity index (χ0n) is 17.9. The molecule has 7 heteroatoms. The quantitative estimate of drug-likeness (QED) is 0.657. The van der Waals surface area contributed by atoms with Gasteiger partial charge in [-0.15, -0.1) is 0 Å². The number of aromatic nitrogens is 2. The van der Waals surface area contributed by atoms with E-state index in [9.17, 15) is 4.79 Å².